The third kappa shape index (κ3) is 9.45. The maximum absolute atomic E-state index is 14.9. The highest BCUT2D eigenvalue weighted by atomic mass is 35.5. The molecule has 6 rings (SSSR count). The molecular weight excluding hydrogens is 774 g/mol. The van der Waals surface area contributed by atoms with Crippen molar-refractivity contribution in [1.29, 1.82) is 0 Å². The second-order valence-electron chi connectivity index (χ2n) is 17.5. The summed E-state index contributed by atoms with van der Waals surface area (Å²) in [6.07, 6.45) is 6.07. The number of pyridine rings is 1. The van der Waals surface area contributed by atoms with Gasteiger partial charge in [0.2, 0.25) is 33.6 Å². The number of carbonyl (C=O) groups is 4. The molecule has 0 spiro atoms. The lowest BCUT2D eigenvalue weighted by Gasteiger charge is -2.33. The van der Waals surface area contributed by atoms with E-state index in [1.807, 2.05) is 32.1 Å². The lowest BCUT2D eigenvalue weighted by Crippen LogP contribution is -2.59. The number of fused-ring (bicyclic) bond motifs is 3. The van der Waals surface area contributed by atoms with E-state index in [0.717, 1.165) is 12.8 Å². The monoisotopic (exact) mass is 829 g/mol. The van der Waals surface area contributed by atoms with Crippen LogP contribution < -0.4 is 24.8 Å². The number of rotatable bonds is 9. The van der Waals surface area contributed by atoms with Gasteiger partial charge in [0.15, 0.2) is 0 Å². The Balaban J connectivity index is 1.37. The van der Waals surface area contributed by atoms with Crippen LogP contribution in [0.2, 0.25) is 5.02 Å². The quantitative estimate of drug-likeness (QED) is 0.261. The number of nitrogens with zero attached hydrogens (tertiary/aromatic N) is 2. The van der Waals surface area contributed by atoms with E-state index in [0.29, 0.717) is 54.0 Å². The van der Waals surface area contributed by atoms with Crippen LogP contribution in [0, 0.1) is 17.8 Å². The lowest BCUT2D eigenvalue weighted by atomic mass is 9.88. The first-order valence-electron chi connectivity index (χ1n) is 20.0. The van der Waals surface area contributed by atoms with E-state index >= 15 is 0 Å². The molecule has 7 unspecified atom stereocenters. The molecule has 0 radical (unpaired) electrons. The second-order valence-corrected chi connectivity index (χ2v) is 20.1. The molecule has 3 fully saturated rings. The van der Waals surface area contributed by atoms with Crippen LogP contribution in [-0.4, -0.2) is 89.3 Å². The van der Waals surface area contributed by atoms with Crippen LogP contribution in [0.3, 0.4) is 0 Å². The molecular formula is C41H56ClN5O9S. The van der Waals surface area contributed by atoms with Crippen molar-refractivity contribution in [2.24, 2.45) is 17.8 Å². The summed E-state index contributed by atoms with van der Waals surface area (Å²) in [7, 11) is -4.01. The topological polar surface area (TPSA) is 182 Å². The Morgan fingerprint density at radius 3 is 2.54 bits per heavy atom. The zero-order chi connectivity index (χ0) is 41.5. The minimum atomic E-state index is -4.01. The van der Waals surface area contributed by atoms with Crippen molar-refractivity contribution >= 4 is 56.2 Å². The Morgan fingerprint density at radius 1 is 1.12 bits per heavy atom. The van der Waals surface area contributed by atoms with Gasteiger partial charge in [0.1, 0.15) is 29.3 Å². The van der Waals surface area contributed by atoms with Crippen molar-refractivity contribution in [2.75, 3.05) is 13.2 Å². The van der Waals surface area contributed by atoms with Gasteiger partial charge in [0, 0.05) is 34.2 Å². The average Bonchev–Trinajstić information content (AvgIpc) is 4.00. The molecule has 0 bridgehead atoms. The van der Waals surface area contributed by atoms with Gasteiger partial charge in [-0.3, -0.25) is 19.1 Å². The van der Waals surface area contributed by atoms with Crippen LogP contribution >= 0.6 is 11.6 Å². The molecule has 4 aliphatic rings. The molecule has 2 saturated carbocycles. The first kappa shape index (κ1) is 42.5. The Bertz CT molecular complexity index is 2030. The number of carbonyl (C=O) groups excluding carboxylic acids is 4. The van der Waals surface area contributed by atoms with Gasteiger partial charge >= 0.3 is 6.09 Å². The number of nitrogens with one attached hydrogen (secondary N) is 3. The number of halogens is 1. The third-order valence-electron chi connectivity index (χ3n) is 11.4. The average molecular weight is 830 g/mol. The minimum absolute atomic E-state index is 0.000126. The predicted octanol–water partition coefficient (Wildman–Crippen LogP) is 5.80. The van der Waals surface area contributed by atoms with Gasteiger partial charge in [0.25, 0.3) is 5.91 Å². The molecule has 14 nitrogen and oxygen atoms in total. The van der Waals surface area contributed by atoms with Crippen molar-refractivity contribution in [1.82, 2.24) is 25.2 Å². The molecule has 4 amide bonds. The zero-order valence-electron chi connectivity index (χ0n) is 33.9. The summed E-state index contributed by atoms with van der Waals surface area (Å²) in [5, 5.41) is 7.43. The third-order valence-corrected chi connectivity index (χ3v) is 13.9. The lowest BCUT2D eigenvalue weighted by molar-refractivity contribution is -0.142. The number of sulfonamides is 1. The first-order chi connectivity index (χ1) is 26.8. The summed E-state index contributed by atoms with van der Waals surface area (Å²) >= 11 is 6.60. The summed E-state index contributed by atoms with van der Waals surface area (Å²) in [5.41, 5.74) is -2.38. The van der Waals surface area contributed by atoms with Crippen molar-refractivity contribution in [3.63, 3.8) is 0 Å². The molecule has 1 saturated heterocycles. The highest BCUT2D eigenvalue weighted by Gasteiger charge is 2.63. The number of ether oxygens (including phenoxy) is 3. The number of hydrogen-bond acceptors (Lipinski definition) is 10. The van der Waals surface area contributed by atoms with E-state index < -0.39 is 73.8 Å². The molecule has 312 valence electrons. The maximum atomic E-state index is 14.9. The number of alkyl carbamates (subject to hydrolysis) is 1. The fourth-order valence-corrected chi connectivity index (χ4v) is 9.29. The molecule has 2 aliphatic heterocycles. The number of aromatic nitrogens is 1. The Labute approximate surface area is 340 Å². The first-order valence-corrected chi connectivity index (χ1v) is 21.9. The van der Waals surface area contributed by atoms with E-state index in [-0.39, 0.29) is 37.1 Å². The normalized spacial score (nSPS) is 28.9. The van der Waals surface area contributed by atoms with Gasteiger partial charge in [-0.05, 0) is 96.6 Å². The van der Waals surface area contributed by atoms with Gasteiger partial charge in [-0.15, -0.1) is 0 Å². The molecule has 2 aliphatic carbocycles. The van der Waals surface area contributed by atoms with Crippen LogP contribution in [0.25, 0.3) is 10.8 Å². The fraction of sp³-hybridized carbons (Fsp3) is 0.634. The highest BCUT2D eigenvalue weighted by molar-refractivity contribution is 7.91. The van der Waals surface area contributed by atoms with Gasteiger partial charge in [0.05, 0.1) is 17.9 Å². The van der Waals surface area contributed by atoms with Crippen molar-refractivity contribution < 1.29 is 41.8 Å². The van der Waals surface area contributed by atoms with Crippen LogP contribution in [0.1, 0.15) is 99.8 Å². The number of allylic oxidation sites excluding steroid dienone is 1. The van der Waals surface area contributed by atoms with Crippen molar-refractivity contribution in [3.05, 3.63) is 41.4 Å². The summed E-state index contributed by atoms with van der Waals surface area (Å²) < 4.78 is 45.7. The molecule has 7 atom stereocenters. The van der Waals surface area contributed by atoms with Gasteiger partial charge in [-0.25, -0.2) is 13.2 Å². The van der Waals surface area contributed by atoms with E-state index in [2.05, 4.69) is 27.3 Å². The van der Waals surface area contributed by atoms with Crippen LogP contribution in [0.15, 0.2) is 36.4 Å². The number of amides is 4. The van der Waals surface area contributed by atoms with Gasteiger partial charge in [-0.2, -0.15) is 4.98 Å². The summed E-state index contributed by atoms with van der Waals surface area (Å²) in [6.45, 7) is 13.1. The molecule has 1 aromatic heterocycles. The maximum Gasteiger partial charge on any atom is 0.408 e. The Hall–Kier alpha value is -4.11. The largest absolute Gasteiger partial charge is 0.478 e. The van der Waals surface area contributed by atoms with E-state index in [9.17, 15) is 27.6 Å². The highest BCUT2D eigenvalue weighted by Crippen LogP contribution is 2.48. The minimum Gasteiger partial charge on any atom is -0.478 e. The van der Waals surface area contributed by atoms with Crippen molar-refractivity contribution in [3.8, 4) is 11.8 Å². The summed E-state index contributed by atoms with van der Waals surface area (Å²) in [6, 6.07) is 4.82. The summed E-state index contributed by atoms with van der Waals surface area (Å²) in [5.74, 6) is -2.16. The summed E-state index contributed by atoms with van der Waals surface area (Å²) in [4.78, 5) is 62.7. The van der Waals surface area contributed by atoms with E-state index in [1.54, 1.807) is 45.9 Å². The molecule has 2 aromatic rings. The fourth-order valence-electron chi connectivity index (χ4n) is 7.75. The van der Waals surface area contributed by atoms with Gasteiger partial charge < -0.3 is 29.7 Å². The molecule has 57 heavy (non-hydrogen) atoms. The molecule has 3 heterocycles. The molecule has 1 aromatic carbocycles. The van der Waals surface area contributed by atoms with Crippen molar-refractivity contribution in [2.45, 2.75) is 134 Å². The number of benzene rings is 1. The zero-order valence-corrected chi connectivity index (χ0v) is 35.4. The smallest absolute Gasteiger partial charge is 0.408 e. The Kier molecular flexibility index (Phi) is 12.1. The van der Waals surface area contributed by atoms with Gasteiger partial charge in [-0.1, -0.05) is 50.6 Å². The number of hydrogen-bond donors (Lipinski definition) is 3. The second kappa shape index (κ2) is 16.3. The van der Waals surface area contributed by atoms with E-state index in [1.165, 1.54) is 4.90 Å². The predicted molar refractivity (Wildman–Crippen MR) is 215 cm³/mol. The van der Waals surface area contributed by atoms with Crippen LogP contribution in [0.5, 0.6) is 11.8 Å². The molecule has 3 N–H and O–H groups in total. The van der Waals surface area contributed by atoms with Crippen LogP contribution in [-0.2, 0) is 29.1 Å². The Morgan fingerprint density at radius 2 is 1.86 bits per heavy atom. The van der Waals surface area contributed by atoms with E-state index in [4.69, 9.17) is 25.8 Å². The molecule has 16 heteroatoms. The van der Waals surface area contributed by atoms with Crippen LogP contribution in [0.4, 0.5) is 4.79 Å². The SMILES string of the molecule is CCCOc1cc2c(Cl)cccc2c(OC2CC3C(=O)NC4(C(=O)NS(=O)(=O)C5(C)CC5)CC4C=CCCC(C)CC(C)C(NC(=O)OC(C)(C)C)C(=O)N3C2)n1. The standard InChI is InChI=1S/C41H56ClN5O9S/c1-8-18-54-32-21-29-28(14-11-15-30(29)42)35(43-32)55-27-20-31-34(48)45-41(37(50)46-57(52,53)40(7)16-17-40)22-26(41)13-10-9-12-24(2)19-25(3)33(36(49)47(31)23-27)44-38(51)56-39(4,5)6/h10-11,13-15,21,24-27,31,33H,8-9,12,16-20,22-23H2,1-7H3,(H,44,51)(H,45,48)(H,46,50).